The summed E-state index contributed by atoms with van der Waals surface area (Å²) in [5.74, 6) is -0.454. The second kappa shape index (κ2) is 7.60. The number of benzene rings is 2. The molecule has 8 nitrogen and oxygen atoms in total. The molecule has 2 aromatic carbocycles. The molecule has 1 aromatic heterocycles. The Bertz CT molecular complexity index is 1290. The first-order valence-electron chi connectivity index (χ1n) is 9.01. The Morgan fingerprint density at radius 3 is 2.22 bits per heavy atom. The number of anilines is 2. The number of nitrogens with two attached hydrogens (primary N) is 2. The van der Waals surface area contributed by atoms with Gasteiger partial charge in [-0.25, -0.2) is 12.8 Å². The van der Waals surface area contributed by atoms with E-state index in [1.807, 2.05) is 0 Å². The number of aromatic nitrogens is 3. The minimum absolute atomic E-state index is 0.0332. The Hall–Kier alpha value is -2.90. The molecule has 2 heterocycles. The van der Waals surface area contributed by atoms with Gasteiger partial charge in [-0.1, -0.05) is 23.7 Å². The minimum Gasteiger partial charge on any atom is -0.368 e. The molecular weight excluding hydrogens is 476 g/mol. The van der Waals surface area contributed by atoms with Gasteiger partial charge in [-0.05, 0) is 29.8 Å². The maximum Gasteiger partial charge on any atom is 0.417 e. The summed E-state index contributed by atoms with van der Waals surface area (Å²) in [6, 6.07) is 6.71. The van der Waals surface area contributed by atoms with Crippen molar-refractivity contribution in [3.05, 3.63) is 47.0 Å². The highest BCUT2D eigenvalue weighted by atomic mass is 35.5. The fourth-order valence-corrected chi connectivity index (χ4v) is 5.11. The Balaban J connectivity index is 1.79. The van der Waals surface area contributed by atoms with Crippen LogP contribution in [-0.2, 0) is 16.2 Å². The van der Waals surface area contributed by atoms with Crippen molar-refractivity contribution >= 4 is 33.5 Å². The fourth-order valence-electron chi connectivity index (χ4n) is 3.29. The Morgan fingerprint density at radius 2 is 1.72 bits per heavy atom. The van der Waals surface area contributed by atoms with Crippen molar-refractivity contribution in [1.29, 1.82) is 0 Å². The number of nitrogen functional groups attached to an aromatic ring is 2. The molecule has 1 aliphatic rings. The summed E-state index contributed by atoms with van der Waals surface area (Å²) in [5.41, 5.74) is 9.56. The minimum atomic E-state index is -4.81. The smallest absolute Gasteiger partial charge is 0.368 e. The lowest BCUT2D eigenvalue weighted by atomic mass is 9.98. The van der Waals surface area contributed by atoms with Crippen LogP contribution in [-0.4, -0.2) is 46.7 Å². The molecule has 0 saturated carbocycles. The molecule has 32 heavy (non-hydrogen) atoms. The summed E-state index contributed by atoms with van der Waals surface area (Å²) in [6.07, 6.45) is -6.04. The van der Waals surface area contributed by atoms with Crippen molar-refractivity contribution < 1.29 is 26.0 Å². The summed E-state index contributed by atoms with van der Waals surface area (Å²) in [6.45, 7) is -0.517. The van der Waals surface area contributed by atoms with E-state index >= 15 is 0 Å². The van der Waals surface area contributed by atoms with Gasteiger partial charge in [0.15, 0.2) is 0 Å². The van der Waals surface area contributed by atoms with E-state index < -0.39 is 27.9 Å². The van der Waals surface area contributed by atoms with Gasteiger partial charge < -0.3 is 11.5 Å². The van der Waals surface area contributed by atoms with Crippen LogP contribution in [0, 0.1) is 0 Å². The van der Waals surface area contributed by atoms with Crippen LogP contribution in [0.1, 0.15) is 5.56 Å². The third-order valence-corrected chi connectivity index (χ3v) is 7.00. The van der Waals surface area contributed by atoms with Crippen LogP contribution in [0.5, 0.6) is 0 Å². The number of nitrogens with zero attached hydrogens (tertiary/aromatic N) is 4. The zero-order valence-corrected chi connectivity index (χ0v) is 17.6. The van der Waals surface area contributed by atoms with E-state index in [1.165, 1.54) is 18.2 Å². The first-order valence-corrected chi connectivity index (χ1v) is 10.8. The lowest BCUT2D eigenvalue weighted by molar-refractivity contribution is -0.137. The van der Waals surface area contributed by atoms with Gasteiger partial charge in [-0.3, -0.25) is 0 Å². The molecule has 1 saturated heterocycles. The maximum absolute atomic E-state index is 13.9. The van der Waals surface area contributed by atoms with Crippen molar-refractivity contribution in [1.82, 2.24) is 19.1 Å². The number of alkyl halides is 4. The molecule has 0 radical (unpaired) electrons. The van der Waals surface area contributed by atoms with Crippen molar-refractivity contribution in [3.8, 4) is 16.8 Å². The fraction of sp³-hybridized carbons (Fsp3) is 0.222. The first kappa shape index (κ1) is 22.3. The Labute approximate surface area is 184 Å². The van der Waals surface area contributed by atoms with E-state index in [1.54, 1.807) is 0 Å². The van der Waals surface area contributed by atoms with E-state index in [4.69, 9.17) is 23.1 Å². The van der Waals surface area contributed by atoms with Gasteiger partial charge in [0.1, 0.15) is 6.17 Å². The second-order valence-electron chi connectivity index (χ2n) is 7.03. The normalized spacial score (nSPS) is 15.7. The van der Waals surface area contributed by atoms with Gasteiger partial charge in [-0.15, -0.1) is 5.10 Å². The molecule has 1 aliphatic heterocycles. The quantitative estimate of drug-likeness (QED) is 0.542. The van der Waals surface area contributed by atoms with Gasteiger partial charge in [0.25, 0.3) is 0 Å². The van der Waals surface area contributed by atoms with Gasteiger partial charge >= 0.3 is 6.18 Å². The van der Waals surface area contributed by atoms with Crippen molar-refractivity contribution in [2.45, 2.75) is 17.2 Å². The number of halogens is 5. The molecule has 0 unspecified atom stereocenters. The molecule has 14 heteroatoms. The van der Waals surface area contributed by atoms with E-state index in [9.17, 15) is 26.0 Å². The molecule has 0 amide bonds. The van der Waals surface area contributed by atoms with Crippen LogP contribution in [0.2, 0.25) is 5.02 Å². The summed E-state index contributed by atoms with van der Waals surface area (Å²) < 4.78 is 81.4. The van der Waals surface area contributed by atoms with E-state index in [2.05, 4.69) is 10.1 Å². The summed E-state index contributed by atoms with van der Waals surface area (Å²) in [7, 11) is -3.93. The largest absolute Gasteiger partial charge is 0.417 e. The highest BCUT2D eigenvalue weighted by molar-refractivity contribution is 7.89. The number of hydrogen-bond acceptors (Lipinski definition) is 6. The van der Waals surface area contributed by atoms with Crippen LogP contribution < -0.4 is 11.5 Å². The van der Waals surface area contributed by atoms with Crippen LogP contribution in [0.15, 0.2) is 41.3 Å². The van der Waals surface area contributed by atoms with Crippen molar-refractivity contribution in [3.63, 3.8) is 0 Å². The highest BCUT2D eigenvalue weighted by Crippen LogP contribution is 2.43. The zero-order valence-electron chi connectivity index (χ0n) is 16.0. The summed E-state index contributed by atoms with van der Waals surface area (Å²) in [5, 5.41) is 3.48. The van der Waals surface area contributed by atoms with E-state index in [-0.39, 0.29) is 51.7 Å². The third-order valence-electron chi connectivity index (χ3n) is 4.86. The number of sulfonamides is 1. The zero-order chi connectivity index (χ0) is 23.4. The molecule has 0 aliphatic carbocycles. The lowest BCUT2D eigenvalue weighted by Gasteiger charge is -2.33. The van der Waals surface area contributed by atoms with Crippen LogP contribution in [0.25, 0.3) is 16.8 Å². The van der Waals surface area contributed by atoms with Gasteiger partial charge in [0.2, 0.25) is 21.9 Å². The molecule has 3 aromatic rings. The third kappa shape index (κ3) is 3.87. The average molecular weight is 491 g/mol. The SMILES string of the molecule is Nc1nc(N)n(-c2cc(Cl)c(-c3ccc(S(=O)(=O)N4CC(F)C4)cc3)c(C(F)(F)F)c2)n1. The van der Waals surface area contributed by atoms with E-state index in [0.717, 1.165) is 27.2 Å². The molecule has 4 N–H and O–H groups in total. The predicted molar refractivity (Wildman–Crippen MR) is 109 cm³/mol. The topological polar surface area (TPSA) is 120 Å². The molecule has 0 spiro atoms. The molecular formula is C18H15ClF4N6O2S. The lowest BCUT2D eigenvalue weighted by Crippen LogP contribution is -2.51. The first-order chi connectivity index (χ1) is 14.9. The van der Waals surface area contributed by atoms with Crippen molar-refractivity contribution in [2.24, 2.45) is 0 Å². The standard InChI is InChI=1S/C18H15ClF4N6O2S/c19-14-6-11(29-17(25)26-16(24)27-29)5-13(18(21,22)23)15(14)9-1-3-12(4-2-9)32(30,31)28-7-10(20)8-28/h1-6,10H,7-8H2,(H4,24,25,26,27). The summed E-state index contributed by atoms with van der Waals surface area (Å²) in [4.78, 5) is 3.49. The molecule has 170 valence electrons. The summed E-state index contributed by atoms with van der Waals surface area (Å²) >= 11 is 6.21. The predicted octanol–water partition coefficient (Wildman–Crippen LogP) is 3.11. The van der Waals surface area contributed by atoms with Gasteiger partial charge in [0.05, 0.1) is 21.2 Å². The van der Waals surface area contributed by atoms with Crippen LogP contribution >= 0.6 is 11.6 Å². The molecule has 0 atom stereocenters. The number of hydrogen-bond donors (Lipinski definition) is 2. The number of rotatable bonds is 4. The Morgan fingerprint density at radius 1 is 1.09 bits per heavy atom. The average Bonchev–Trinajstić information content (AvgIpc) is 3.02. The van der Waals surface area contributed by atoms with E-state index in [0.29, 0.717) is 0 Å². The van der Waals surface area contributed by atoms with Gasteiger partial charge in [0, 0.05) is 18.7 Å². The monoisotopic (exact) mass is 490 g/mol. The van der Waals surface area contributed by atoms with Crippen molar-refractivity contribution in [2.75, 3.05) is 24.6 Å². The highest BCUT2D eigenvalue weighted by Gasteiger charge is 2.38. The Kier molecular flexibility index (Phi) is 5.30. The molecule has 4 rings (SSSR count). The van der Waals surface area contributed by atoms with Crippen LogP contribution in [0.3, 0.4) is 0 Å². The molecule has 0 bridgehead atoms. The second-order valence-corrected chi connectivity index (χ2v) is 9.38. The molecule has 1 fully saturated rings. The van der Waals surface area contributed by atoms with Crippen LogP contribution in [0.4, 0.5) is 29.5 Å². The van der Waals surface area contributed by atoms with Gasteiger partial charge in [-0.2, -0.15) is 27.1 Å². The maximum atomic E-state index is 13.9.